The Morgan fingerprint density at radius 1 is 1.17 bits per heavy atom. The van der Waals surface area contributed by atoms with Gasteiger partial charge in [0.05, 0.1) is 22.2 Å². The van der Waals surface area contributed by atoms with E-state index in [4.69, 9.17) is 16.1 Å². The molecule has 0 atom stereocenters. The van der Waals surface area contributed by atoms with E-state index in [2.05, 4.69) is 10.5 Å². The van der Waals surface area contributed by atoms with Crippen molar-refractivity contribution in [3.05, 3.63) is 75.4 Å². The average molecular weight is 330 g/mol. The van der Waals surface area contributed by atoms with Gasteiger partial charge in [-0.2, -0.15) is 0 Å². The maximum absolute atomic E-state index is 10.7. The minimum absolute atomic E-state index is 0.0478. The van der Waals surface area contributed by atoms with E-state index in [0.717, 1.165) is 5.56 Å². The van der Waals surface area contributed by atoms with Crippen LogP contribution in [-0.4, -0.2) is 10.1 Å². The summed E-state index contributed by atoms with van der Waals surface area (Å²) in [5.41, 5.74) is 2.20. The van der Waals surface area contributed by atoms with Gasteiger partial charge in [0.1, 0.15) is 5.69 Å². The Hall–Kier alpha value is -2.86. The molecule has 1 N–H and O–H groups in total. The summed E-state index contributed by atoms with van der Waals surface area (Å²) < 4.78 is 5.31. The second-order valence-electron chi connectivity index (χ2n) is 4.82. The molecule has 0 spiro atoms. The second kappa shape index (κ2) is 6.50. The van der Waals surface area contributed by atoms with E-state index in [9.17, 15) is 10.1 Å². The van der Waals surface area contributed by atoms with Crippen molar-refractivity contribution in [2.24, 2.45) is 0 Å². The number of halogens is 1. The van der Waals surface area contributed by atoms with E-state index >= 15 is 0 Å². The van der Waals surface area contributed by atoms with Crippen molar-refractivity contribution in [3.8, 4) is 11.3 Å². The molecule has 2 aromatic carbocycles. The molecule has 0 saturated carbocycles. The maximum atomic E-state index is 10.7. The highest BCUT2D eigenvalue weighted by molar-refractivity contribution is 6.33. The predicted octanol–water partition coefficient (Wildman–Crippen LogP) is 4.52. The van der Waals surface area contributed by atoms with Crippen LogP contribution in [0.4, 0.5) is 11.4 Å². The van der Waals surface area contributed by atoms with Crippen molar-refractivity contribution < 1.29 is 9.45 Å². The summed E-state index contributed by atoms with van der Waals surface area (Å²) >= 11 is 6.03. The number of nitro groups is 1. The van der Waals surface area contributed by atoms with Crippen LogP contribution in [-0.2, 0) is 6.54 Å². The van der Waals surface area contributed by atoms with Gasteiger partial charge in [0.15, 0.2) is 5.76 Å². The number of aromatic nitrogens is 1. The molecule has 0 radical (unpaired) electrons. The van der Waals surface area contributed by atoms with Gasteiger partial charge in [-0.05, 0) is 6.07 Å². The molecule has 0 aliphatic heterocycles. The van der Waals surface area contributed by atoms with Crippen LogP contribution in [0.25, 0.3) is 11.3 Å². The van der Waals surface area contributed by atoms with Crippen LogP contribution in [0.5, 0.6) is 0 Å². The van der Waals surface area contributed by atoms with Gasteiger partial charge in [-0.15, -0.1) is 0 Å². The van der Waals surface area contributed by atoms with E-state index in [1.165, 1.54) is 12.1 Å². The summed E-state index contributed by atoms with van der Waals surface area (Å²) in [6.45, 7) is 0.397. The Balaban J connectivity index is 1.70. The van der Waals surface area contributed by atoms with Gasteiger partial charge in [-0.3, -0.25) is 10.1 Å². The van der Waals surface area contributed by atoms with Gasteiger partial charge in [-0.1, -0.05) is 47.1 Å². The molecule has 0 amide bonds. The topological polar surface area (TPSA) is 81.2 Å². The first-order valence-corrected chi connectivity index (χ1v) is 7.20. The average Bonchev–Trinajstić information content (AvgIpc) is 3.03. The van der Waals surface area contributed by atoms with Crippen molar-refractivity contribution in [1.29, 1.82) is 0 Å². The number of nitro benzene ring substituents is 1. The van der Waals surface area contributed by atoms with Gasteiger partial charge < -0.3 is 9.84 Å². The van der Waals surface area contributed by atoms with Crippen LogP contribution < -0.4 is 5.32 Å². The summed E-state index contributed by atoms with van der Waals surface area (Å²) in [4.78, 5) is 10.2. The minimum atomic E-state index is -0.487. The molecule has 3 rings (SSSR count). The van der Waals surface area contributed by atoms with Gasteiger partial charge in [0, 0.05) is 23.8 Å². The lowest BCUT2D eigenvalue weighted by Crippen LogP contribution is -2.00. The Morgan fingerprint density at radius 3 is 2.65 bits per heavy atom. The van der Waals surface area contributed by atoms with Crippen LogP contribution in [0, 0.1) is 10.1 Å². The predicted molar refractivity (Wildman–Crippen MR) is 87.4 cm³/mol. The quantitative estimate of drug-likeness (QED) is 0.550. The SMILES string of the molecule is O=[N+]([O-])c1ccc(NCc2cc(-c3ccccc3)on2)c(Cl)c1. The molecule has 7 heteroatoms. The van der Waals surface area contributed by atoms with Gasteiger partial charge >= 0.3 is 0 Å². The highest BCUT2D eigenvalue weighted by Crippen LogP contribution is 2.27. The zero-order valence-electron chi connectivity index (χ0n) is 11.9. The molecule has 0 aliphatic rings. The molecular formula is C16H12ClN3O3. The number of nitrogens with zero attached hydrogens (tertiary/aromatic N) is 2. The zero-order chi connectivity index (χ0) is 16.2. The fourth-order valence-electron chi connectivity index (χ4n) is 2.08. The lowest BCUT2D eigenvalue weighted by atomic mass is 10.1. The highest BCUT2D eigenvalue weighted by Gasteiger charge is 2.10. The number of rotatable bonds is 5. The molecule has 0 saturated heterocycles. The Morgan fingerprint density at radius 2 is 1.96 bits per heavy atom. The number of non-ortho nitro benzene ring substituents is 1. The smallest absolute Gasteiger partial charge is 0.271 e. The minimum Gasteiger partial charge on any atom is -0.378 e. The normalized spacial score (nSPS) is 10.5. The first-order chi connectivity index (χ1) is 11.1. The van der Waals surface area contributed by atoms with E-state index in [1.807, 2.05) is 36.4 Å². The lowest BCUT2D eigenvalue weighted by molar-refractivity contribution is -0.384. The van der Waals surface area contributed by atoms with E-state index < -0.39 is 4.92 Å². The summed E-state index contributed by atoms with van der Waals surface area (Å²) in [6.07, 6.45) is 0. The third-order valence-corrected chi connectivity index (χ3v) is 3.55. The number of benzene rings is 2. The molecule has 1 heterocycles. The number of nitrogens with one attached hydrogen (secondary N) is 1. The Bertz CT molecular complexity index is 834. The Kier molecular flexibility index (Phi) is 4.25. The Labute approximate surface area is 136 Å². The summed E-state index contributed by atoms with van der Waals surface area (Å²) in [5, 5.41) is 18.0. The van der Waals surface area contributed by atoms with Crippen molar-refractivity contribution >= 4 is 23.0 Å². The second-order valence-corrected chi connectivity index (χ2v) is 5.23. The van der Waals surface area contributed by atoms with Crippen molar-refractivity contribution in [2.45, 2.75) is 6.54 Å². The fraction of sp³-hybridized carbons (Fsp3) is 0.0625. The van der Waals surface area contributed by atoms with Crippen molar-refractivity contribution in [2.75, 3.05) is 5.32 Å². The first kappa shape index (κ1) is 15.1. The fourth-order valence-corrected chi connectivity index (χ4v) is 2.32. The third-order valence-electron chi connectivity index (χ3n) is 3.24. The van der Waals surface area contributed by atoms with E-state index in [-0.39, 0.29) is 10.7 Å². The number of anilines is 1. The molecule has 116 valence electrons. The molecule has 0 unspecified atom stereocenters. The molecule has 0 aliphatic carbocycles. The maximum Gasteiger partial charge on any atom is 0.271 e. The number of hydrogen-bond donors (Lipinski definition) is 1. The van der Waals surface area contributed by atoms with Crippen LogP contribution in [0.1, 0.15) is 5.69 Å². The van der Waals surface area contributed by atoms with Gasteiger partial charge in [0.25, 0.3) is 5.69 Å². The van der Waals surface area contributed by atoms with Gasteiger partial charge in [0.2, 0.25) is 0 Å². The van der Waals surface area contributed by atoms with Crippen molar-refractivity contribution in [1.82, 2.24) is 5.16 Å². The molecule has 6 nitrogen and oxygen atoms in total. The number of hydrogen-bond acceptors (Lipinski definition) is 5. The molecular weight excluding hydrogens is 318 g/mol. The molecule has 23 heavy (non-hydrogen) atoms. The van der Waals surface area contributed by atoms with Crippen LogP contribution >= 0.6 is 11.6 Å². The molecule has 3 aromatic rings. The third kappa shape index (κ3) is 3.49. The largest absolute Gasteiger partial charge is 0.378 e. The summed E-state index contributed by atoms with van der Waals surface area (Å²) in [6, 6.07) is 15.8. The van der Waals surface area contributed by atoms with Gasteiger partial charge in [-0.25, -0.2) is 0 Å². The lowest BCUT2D eigenvalue weighted by Gasteiger charge is -2.05. The monoisotopic (exact) mass is 329 g/mol. The standard InChI is InChI=1S/C16H12ClN3O3/c17-14-9-13(20(21)22)6-7-15(14)18-10-12-8-16(23-19-12)11-4-2-1-3-5-11/h1-9,18H,10H2. The van der Waals surface area contributed by atoms with Crippen LogP contribution in [0.15, 0.2) is 59.1 Å². The van der Waals surface area contributed by atoms with Crippen LogP contribution in [0.2, 0.25) is 5.02 Å². The molecule has 1 aromatic heterocycles. The molecule has 0 bridgehead atoms. The zero-order valence-corrected chi connectivity index (χ0v) is 12.7. The first-order valence-electron chi connectivity index (χ1n) is 6.82. The summed E-state index contributed by atoms with van der Waals surface area (Å²) in [7, 11) is 0. The highest BCUT2D eigenvalue weighted by atomic mass is 35.5. The molecule has 0 fully saturated rings. The van der Waals surface area contributed by atoms with E-state index in [0.29, 0.717) is 23.7 Å². The van der Waals surface area contributed by atoms with E-state index in [1.54, 1.807) is 6.07 Å². The van der Waals surface area contributed by atoms with Crippen LogP contribution in [0.3, 0.4) is 0 Å². The summed E-state index contributed by atoms with van der Waals surface area (Å²) in [5.74, 6) is 0.678. The van der Waals surface area contributed by atoms with Crippen molar-refractivity contribution in [3.63, 3.8) is 0 Å².